The molecule has 7 N–H and O–H groups in total. The number of phosphoric acid groups is 1. The summed E-state index contributed by atoms with van der Waals surface area (Å²) in [6.07, 6.45) is -4.22. The van der Waals surface area contributed by atoms with E-state index in [9.17, 15) is 19.6 Å². The Morgan fingerprint density at radius 2 is 2.08 bits per heavy atom. The molecule has 0 radical (unpaired) electrons. The van der Waals surface area contributed by atoms with Crippen molar-refractivity contribution in [3.63, 3.8) is 0 Å². The first kappa shape index (κ1) is 20.5. The molecule has 2 aromatic heterocycles. The number of rotatable bonds is 4. The van der Waals surface area contributed by atoms with Crippen molar-refractivity contribution in [3.05, 3.63) is 16.7 Å². The van der Waals surface area contributed by atoms with Crippen molar-refractivity contribution < 1.29 is 33.8 Å². The molecule has 1 saturated heterocycles. The van der Waals surface area contributed by atoms with E-state index in [1.54, 1.807) is 0 Å². The predicted octanol–water partition coefficient (Wildman–Crippen LogP) is -3.22. The fourth-order valence-corrected chi connectivity index (χ4v) is 2.74. The Labute approximate surface area is 161 Å². The molecule has 15 heteroatoms. The summed E-state index contributed by atoms with van der Waals surface area (Å²) in [7, 11) is -4.76. The van der Waals surface area contributed by atoms with Crippen molar-refractivity contribution in [2.75, 3.05) is 12.3 Å². The molecule has 134 valence electrons. The average Bonchev–Trinajstić information content (AvgIpc) is 3.00. The number of ether oxygens (including phenoxy) is 1. The van der Waals surface area contributed by atoms with Crippen LogP contribution in [0.15, 0.2) is 11.1 Å². The van der Waals surface area contributed by atoms with E-state index in [1.807, 2.05) is 0 Å². The van der Waals surface area contributed by atoms with Crippen LogP contribution >= 0.6 is 7.82 Å². The number of hydrogen-bond donors (Lipinski definition) is 6. The zero-order valence-corrected chi connectivity index (χ0v) is 12.8. The number of nitrogens with two attached hydrogens (primary N) is 1. The number of aliphatic hydroxyl groups excluding tert-OH is 2. The normalized spacial score (nSPS) is 26.7. The molecule has 13 nitrogen and oxygen atoms in total. The van der Waals surface area contributed by atoms with Gasteiger partial charge in [0.15, 0.2) is 17.4 Å². The van der Waals surface area contributed by atoms with Crippen LogP contribution in [0, 0.1) is 0 Å². The number of phosphoric ester groups is 1. The fourth-order valence-electron chi connectivity index (χ4n) is 2.40. The quantitative estimate of drug-likeness (QED) is 0.227. The van der Waals surface area contributed by atoms with Crippen molar-refractivity contribution in [2.45, 2.75) is 24.5 Å². The van der Waals surface area contributed by atoms with Gasteiger partial charge in [0.05, 0.1) is 12.9 Å². The third-order valence-electron chi connectivity index (χ3n) is 3.47. The summed E-state index contributed by atoms with van der Waals surface area (Å²) in [5, 5.41) is 20.1. The molecule has 25 heavy (non-hydrogen) atoms. The van der Waals surface area contributed by atoms with E-state index in [0.29, 0.717) is 0 Å². The van der Waals surface area contributed by atoms with E-state index in [2.05, 4.69) is 19.5 Å². The number of H-pyrrole nitrogens is 1. The number of nitrogens with zero attached hydrogens (tertiary/aromatic N) is 3. The van der Waals surface area contributed by atoms with Gasteiger partial charge >= 0.3 is 37.4 Å². The topological polar surface area (TPSA) is 206 Å². The molecule has 1 aliphatic heterocycles. The first-order chi connectivity index (χ1) is 11.2. The molecule has 0 saturated carbocycles. The summed E-state index contributed by atoms with van der Waals surface area (Å²) in [5.41, 5.74) is 4.84. The van der Waals surface area contributed by atoms with Gasteiger partial charge in [-0.25, -0.2) is 9.55 Å². The summed E-state index contributed by atoms with van der Waals surface area (Å²) < 4.78 is 21.6. The zero-order valence-electron chi connectivity index (χ0n) is 11.9. The Balaban J connectivity index is 0.00000225. The van der Waals surface area contributed by atoms with Gasteiger partial charge in [-0.1, -0.05) is 0 Å². The number of fused-ring (bicyclic) bond motifs is 1. The second-order valence-corrected chi connectivity index (χ2v) is 6.35. The number of aliphatic hydroxyl groups is 2. The second kappa shape index (κ2) is 7.40. The summed E-state index contributed by atoms with van der Waals surface area (Å²) >= 11 is 0. The molecule has 2 aromatic rings. The van der Waals surface area contributed by atoms with Crippen molar-refractivity contribution >= 4 is 54.5 Å². The molecule has 0 spiro atoms. The van der Waals surface area contributed by atoms with E-state index >= 15 is 0 Å². The second-order valence-electron chi connectivity index (χ2n) is 5.11. The van der Waals surface area contributed by atoms with Crippen LogP contribution in [0.3, 0.4) is 0 Å². The number of nitrogens with one attached hydrogen (secondary N) is 1. The minimum absolute atomic E-state index is 0. The molecule has 4 atom stereocenters. The van der Waals surface area contributed by atoms with Crippen LogP contribution < -0.4 is 11.3 Å². The van der Waals surface area contributed by atoms with E-state index in [-0.39, 0.29) is 46.7 Å². The first-order valence-electron chi connectivity index (χ1n) is 6.61. The molecule has 0 bridgehead atoms. The molecular formula is C10H15N5NaO8P. The van der Waals surface area contributed by atoms with Crippen molar-refractivity contribution in [2.24, 2.45) is 0 Å². The van der Waals surface area contributed by atoms with Crippen LogP contribution in [0.25, 0.3) is 11.2 Å². The molecule has 2 unspecified atom stereocenters. The molecule has 1 fully saturated rings. The van der Waals surface area contributed by atoms with Crippen LogP contribution in [0.2, 0.25) is 0 Å². The van der Waals surface area contributed by atoms with Gasteiger partial charge in [0, 0.05) is 0 Å². The molecule has 0 aliphatic carbocycles. The van der Waals surface area contributed by atoms with E-state index in [1.165, 1.54) is 10.9 Å². The third kappa shape index (κ3) is 4.11. The molecule has 3 rings (SSSR count). The number of imidazole rings is 1. The van der Waals surface area contributed by atoms with Gasteiger partial charge < -0.3 is 30.5 Å². The number of nitrogen functional groups attached to an aromatic ring is 1. The summed E-state index contributed by atoms with van der Waals surface area (Å²) in [6.45, 7) is -0.651. The summed E-state index contributed by atoms with van der Waals surface area (Å²) in [6, 6.07) is 0. The Morgan fingerprint density at radius 3 is 2.72 bits per heavy atom. The number of aromatic nitrogens is 4. The maximum absolute atomic E-state index is 11.7. The number of hydrogen-bond acceptors (Lipinski definition) is 9. The van der Waals surface area contributed by atoms with Crippen molar-refractivity contribution in [3.8, 4) is 0 Å². The van der Waals surface area contributed by atoms with Crippen LogP contribution in [0.5, 0.6) is 0 Å². The molecule has 3 heterocycles. The Bertz CT molecular complexity index is 867. The third-order valence-corrected chi connectivity index (χ3v) is 3.95. The predicted molar refractivity (Wildman–Crippen MR) is 83.6 cm³/mol. The summed E-state index contributed by atoms with van der Waals surface area (Å²) in [4.78, 5) is 39.1. The average molecular weight is 387 g/mol. The van der Waals surface area contributed by atoms with Crippen LogP contribution in [0.4, 0.5) is 5.95 Å². The van der Waals surface area contributed by atoms with Gasteiger partial charge in [0.25, 0.3) is 5.56 Å². The Hall–Kier alpha value is -0.860. The van der Waals surface area contributed by atoms with Gasteiger partial charge in [-0.3, -0.25) is 18.9 Å². The van der Waals surface area contributed by atoms with Gasteiger partial charge in [-0.05, 0) is 0 Å². The number of aromatic amines is 1. The minimum atomic E-state index is -4.76. The first-order valence-corrected chi connectivity index (χ1v) is 8.14. The molecule has 0 amide bonds. The SMILES string of the molecule is Nc1nc2c(ncn2[C@@H]2O[C@H](COP(=O)(O)O)C(O)C2O)c(=O)[nH]1.[NaH]. The van der Waals surface area contributed by atoms with Gasteiger partial charge in [-0.15, -0.1) is 0 Å². The molecule has 1 aliphatic rings. The van der Waals surface area contributed by atoms with Crippen LogP contribution in [0.1, 0.15) is 6.23 Å². The fraction of sp³-hybridized carbons (Fsp3) is 0.500. The zero-order chi connectivity index (χ0) is 17.6. The van der Waals surface area contributed by atoms with E-state index in [0.717, 1.165) is 0 Å². The number of anilines is 1. The molecule has 0 aromatic carbocycles. The van der Waals surface area contributed by atoms with E-state index in [4.69, 9.17) is 20.3 Å². The van der Waals surface area contributed by atoms with Gasteiger partial charge in [0.1, 0.15) is 18.3 Å². The van der Waals surface area contributed by atoms with Crippen LogP contribution in [-0.4, -0.2) is 94.0 Å². The standard InChI is InChI=1S/C10H14N5O8P.Na.H/c11-10-13-7-4(8(18)14-10)12-2-15(7)9-6(17)5(16)3(23-9)1-22-24(19,20)21;;/h2-3,5-6,9,16-17H,1H2,(H2,19,20,21)(H3,11,13,14,18);;/t3-,5?,6?,9-;;/m1../s1. The summed E-state index contributed by atoms with van der Waals surface area (Å²) in [5.74, 6) is -0.177. The van der Waals surface area contributed by atoms with Crippen LogP contribution in [-0.2, 0) is 13.8 Å². The van der Waals surface area contributed by atoms with Crippen molar-refractivity contribution in [1.82, 2.24) is 19.5 Å². The maximum atomic E-state index is 11.7. The van der Waals surface area contributed by atoms with Crippen molar-refractivity contribution in [1.29, 1.82) is 0 Å². The van der Waals surface area contributed by atoms with E-state index < -0.39 is 44.5 Å². The molecular weight excluding hydrogens is 372 g/mol. The monoisotopic (exact) mass is 387 g/mol. The Morgan fingerprint density at radius 1 is 1.40 bits per heavy atom. The Kier molecular flexibility index (Phi) is 6.06. The van der Waals surface area contributed by atoms with Gasteiger partial charge in [0.2, 0.25) is 5.95 Å². The van der Waals surface area contributed by atoms with Gasteiger partial charge in [-0.2, -0.15) is 4.98 Å².